The molecule has 2 aromatic carbocycles. The topological polar surface area (TPSA) is 38.0 Å². The molecule has 0 unspecified atom stereocenters. The zero-order chi connectivity index (χ0) is 16.5. The molecule has 0 atom stereocenters. The molecule has 0 fully saturated rings. The number of para-hydroxylation sites is 1. The van der Waals surface area contributed by atoms with Gasteiger partial charge in [-0.05, 0) is 23.3 Å². The molecule has 1 N–H and O–H groups in total. The van der Waals surface area contributed by atoms with Gasteiger partial charge in [-0.25, -0.2) is 0 Å². The van der Waals surface area contributed by atoms with E-state index in [4.69, 9.17) is 0 Å². The molecule has 1 radical (unpaired) electrons. The van der Waals surface area contributed by atoms with Crippen molar-refractivity contribution in [2.24, 2.45) is 0 Å². The van der Waals surface area contributed by atoms with Crippen molar-refractivity contribution in [1.29, 1.82) is 0 Å². The van der Waals surface area contributed by atoms with Crippen LogP contribution in [0.2, 0.25) is 0 Å². The first-order chi connectivity index (χ1) is 11.6. The average Bonchev–Trinajstić information content (AvgIpc) is 2.94. The first-order valence-corrected chi connectivity index (χ1v) is 8.13. The van der Waals surface area contributed by atoms with Crippen LogP contribution in [0.5, 0.6) is 0 Å². The fraction of sp³-hybridized carbons (Fsp3) is 0.150. The van der Waals surface area contributed by atoms with Gasteiger partial charge in [-0.1, -0.05) is 49.6 Å². The zero-order valence-electron chi connectivity index (χ0n) is 13.6. The molecule has 5 rings (SSSR count). The fourth-order valence-corrected chi connectivity index (χ4v) is 4.16. The number of benzene rings is 2. The Bertz CT molecular complexity index is 1130. The zero-order valence-corrected chi connectivity index (χ0v) is 13.6. The summed E-state index contributed by atoms with van der Waals surface area (Å²) in [7, 11) is 1.19. The molecule has 4 heteroatoms. The summed E-state index contributed by atoms with van der Waals surface area (Å²) in [5.74, 6) is 0. The maximum absolute atomic E-state index is 9.64. The smallest absolute Gasteiger partial charge is 0.326 e. The molecule has 0 saturated carbocycles. The second kappa shape index (κ2) is 4.49. The second-order valence-electron chi connectivity index (χ2n) is 6.96. The molecule has 115 valence electrons. The van der Waals surface area contributed by atoms with Crippen LogP contribution in [0.15, 0.2) is 54.9 Å². The van der Waals surface area contributed by atoms with Crippen LogP contribution in [0.1, 0.15) is 25.0 Å². The van der Waals surface area contributed by atoms with Gasteiger partial charge in [0.1, 0.15) is 0 Å². The lowest BCUT2D eigenvalue weighted by molar-refractivity contribution is 0.614. The van der Waals surface area contributed by atoms with Crippen molar-refractivity contribution in [1.82, 2.24) is 9.55 Å². The minimum absolute atomic E-state index is 0.133. The molecule has 2 aromatic heterocycles. The molecular weight excluding hydrogens is 295 g/mol. The van der Waals surface area contributed by atoms with Gasteiger partial charge < -0.3 is 9.59 Å². The van der Waals surface area contributed by atoms with Crippen LogP contribution < -0.4 is 5.46 Å². The minimum atomic E-state index is -0.133. The third-order valence-electron chi connectivity index (χ3n) is 5.33. The lowest BCUT2D eigenvalue weighted by Gasteiger charge is -2.35. The van der Waals surface area contributed by atoms with Crippen LogP contribution in [-0.4, -0.2) is 22.1 Å². The summed E-state index contributed by atoms with van der Waals surface area (Å²) >= 11 is 0. The van der Waals surface area contributed by atoms with Gasteiger partial charge in [0.05, 0.1) is 22.9 Å². The van der Waals surface area contributed by atoms with Crippen molar-refractivity contribution in [2.75, 3.05) is 0 Å². The van der Waals surface area contributed by atoms with Crippen molar-refractivity contribution in [3.05, 3.63) is 66.0 Å². The number of nitrogens with zero attached hydrogens (tertiary/aromatic N) is 2. The van der Waals surface area contributed by atoms with Crippen molar-refractivity contribution in [2.45, 2.75) is 19.3 Å². The molecule has 0 bridgehead atoms. The van der Waals surface area contributed by atoms with Gasteiger partial charge in [0.2, 0.25) is 0 Å². The van der Waals surface area contributed by atoms with E-state index in [9.17, 15) is 5.02 Å². The van der Waals surface area contributed by atoms with Gasteiger partial charge >= 0.3 is 7.48 Å². The molecule has 24 heavy (non-hydrogen) atoms. The number of aromatic nitrogens is 2. The Balaban J connectivity index is 2.12. The van der Waals surface area contributed by atoms with E-state index in [2.05, 4.69) is 65.9 Å². The molecular formula is C20H16BN2O. The monoisotopic (exact) mass is 311 g/mol. The maximum atomic E-state index is 9.64. The van der Waals surface area contributed by atoms with Gasteiger partial charge in [-0.3, -0.25) is 4.98 Å². The molecule has 4 aromatic rings. The van der Waals surface area contributed by atoms with Gasteiger partial charge in [0.15, 0.2) is 0 Å². The first kappa shape index (κ1) is 13.8. The van der Waals surface area contributed by atoms with Gasteiger partial charge in [0, 0.05) is 22.4 Å². The van der Waals surface area contributed by atoms with Crippen LogP contribution in [0.3, 0.4) is 0 Å². The number of pyridine rings is 1. The predicted octanol–water partition coefficient (Wildman–Crippen LogP) is 3.05. The lowest BCUT2D eigenvalue weighted by atomic mass is 9.72. The summed E-state index contributed by atoms with van der Waals surface area (Å²) in [4.78, 5) is 4.34. The van der Waals surface area contributed by atoms with Crippen LogP contribution >= 0.6 is 0 Å². The summed E-state index contributed by atoms with van der Waals surface area (Å²) in [5.41, 5.74) is 6.75. The molecule has 3 nitrogen and oxygen atoms in total. The van der Waals surface area contributed by atoms with E-state index >= 15 is 0 Å². The van der Waals surface area contributed by atoms with Crippen molar-refractivity contribution in [3.8, 4) is 5.69 Å². The lowest BCUT2D eigenvalue weighted by Crippen LogP contribution is -2.28. The van der Waals surface area contributed by atoms with E-state index in [0.29, 0.717) is 0 Å². The summed E-state index contributed by atoms with van der Waals surface area (Å²) in [6, 6.07) is 14.8. The van der Waals surface area contributed by atoms with Crippen LogP contribution in [-0.2, 0) is 5.41 Å². The van der Waals surface area contributed by atoms with Crippen LogP contribution in [0, 0.1) is 0 Å². The highest BCUT2D eigenvalue weighted by Gasteiger charge is 2.35. The fourth-order valence-electron chi connectivity index (χ4n) is 4.16. The third-order valence-corrected chi connectivity index (χ3v) is 5.33. The number of fused-ring (bicyclic) bond motifs is 5. The summed E-state index contributed by atoms with van der Waals surface area (Å²) < 4.78 is 2.31. The quantitative estimate of drug-likeness (QED) is 0.549. The molecule has 0 saturated heterocycles. The third kappa shape index (κ3) is 1.54. The Morgan fingerprint density at radius 3 is 2.71 bits per heavy atom. The van der Waals surface area contributed by atoms with E-state index in [1.807, 2.05) is 12.4 Å². The van der Waals surface area contributed by atoms with Crippen LogP contribution in [0.4, 0.5) is 0 Å². The average molecular weight is 311 g/mol. The maximum Gasteiger partial charge on any atom is 0.326 e. The number of hydrogen-bond donors (Lipinski definition) is 1. The first-order valence-electron chi connectivity index (χ1n) is 8.13. The molecule has 0 amide bonds. The van der Waals surface area contributed by atoms with Gasteiger partial charge in [-0.2, -0.15) is 0 Å². The highest BCUT2D eigenvalue weighted by Crippen LogP contribution is 2.46. The van der Waals surface area contributed by atoms with E-state index in [0.717, 1.165) is 21.8 Å². The Morgan fingerprint density at radius 1 is 1.04 bits per heavy atom. The Labute approximate surface area is 140 Å². The Kier molecular flexibility index (Phi) is 2.58. The number of hydrogen-bond acceptors (Lipinski definition) is 2. The largest absolute Gasteiger partial charge is 0.450 e. The SMILES string of the molecule is CC1(C)c2ccccc2-n2c3cnccc3c3cc([B]O)cc1c32. The van der Waals surface area contributed by atoms with Crippen molar-refractivity contribution >= 4 is 34.8 Å². The number of rotatable bonds is 1. The standard InChI is InChI=1S/C20H16BN2O/c1-20(2)15-5-3-4-6-17(15)23-18-11-22-8-7-13(18)14-9-12(21-24)10-16(20)19(14)23/h3-11,24H,1-2H3. The van der Waals surface area contributed by atoms with E-state index in [1.54, 1.807) is 0 Å². The summed E-state index contributed by atoms with van der Waals surface area (Å²) in [5, 5.41) is 12.0. The van der Waals surface area contributed by atoms with Gasteiger partial charge in [0.25, 0.3) is 0 Å². The molecule has 1 aliphatic rings. The highest BCUT2D eigenvalue weighted by atomic mass is 16.2. The Hall–Kier alpha value is -2.59. The van der Waals surface area contributed by atoms with E-state index in [1.165, 1.54) is 29.8 Å². The second-order valence-corrected chi connectivity index (χ2v) is 6.96. The minimum Gasteiger partial charge on any atom is -0.450 e. The molecule has 3 heterocycles. The molecule has 0 spiro atoms. The van der Waals surface area contributed by atoms with Crippen molar-refractivity contribution in [3.63, 3.8) is 0 Å². The molecule has 1 aliphatic heterocycles. The summed E-state index contributed by atoms with van der Waals surface area (Å²) in [6.45, 7) is 4.50. The van der Waals surface area contributed by atoms with Gasteiger partial charge in [-0.15, -0.1) is 0 Å². The summed E-state index contributed by atoms with van der Waals surface area (Å²) in [6.07, 6.45) is 3.76. The highest BCUT2D eigenvalue weighted by molar-refractivity contribution is 6.46. The molecule has 0 aliphatic carbocycles. The Morgan fingerprint density at radius 2 is 1.88 bits per heavy atom. The predicted molar refractivity (Wildman–Crippen MR) is 98.3 cm³/mol. The van der Waals surface area contributed by atoms with Crippen molar-refractivity contribution < 1.29 is 5.02 Å². The van der Waals surface area contributed by atoms with E-state index < -0.39 is 0 Å². The van der Waals surface area contributed by atoms with E-state index in [-0.39, 0.29) is 5.41 Å². The normalized spacial score (nSPS) is 14.8. The van der Waals surface area contributed by atoms with Crippen LogP contribution in [0.25, 0.3) is 27.5 Å².